The predicted octanol–water partition coefficient (Wildman–Crippen LogP) is 4.57. The molecule has 26 heavy (non-hydrogen) atoms. The molecule has 7 heteroatoms. The summed E-state index contributed by atoms with van der Waals surface area (Å²) in [6, 6.07) is 6.08. The molecule has 1 aromatic heterocycles. The molecule has 1 unspecified atom stereocenters. The summed E-state index contributed by atoms with van der Waals surface area (Å²) in [5, 5.41) is 8.67. The van der Waals surface area contributed by atoms with Gasteiger partial charge in [-0.3, -0.25) is 4.79 Å². The van der Waals surface area contributed by atoms with E-state index in [-0.39, 0.29) is 23.5 Å². The van der Waals surface area contributed by atoms with Crippen LogP contribution in [0.15, 0.2) is 33.9 Å². The number of carbonyl (C=O) groups excluding carboxylic acids is 1. The lowest BCUT2D eigenvalue weighted by molar-refractivity contribution is -0.128. The van der Waals surface area contributed by atoms with Crippen molar-refractivity contribution in [3.05, 3.63) is 41.5 Å². The lowest BCUT2D eigenvalue weighted by Crippen LogP contribution is -2.31. The van der Waals surface area contributed by atoms with Crippen LogP contribution in [0.5, 0.6) is 0 Å². The van der Waals surface area contributed by atoms with Crippen molar-refractivity contribution < 1.29 is 13.6 Å². The van der Waals surface area contributed by atoms with Crippen LogP contribution in [0.2, 0.25) is 0 Å². The van der Waals surface area contributed by atoms with E-state index in [1.165, 1.54) is 43.2 Å². The molecule has 1 amide bonds. The fourth-order valence-corrected chi connectivity index (χ4v) is 3.89. The van der Waals surface area contributed by atoms with E-state index in [2.05, 4.69) is 10.2 Å². The van der Waals surface area contributed by atoms with Crippen LogP contribution in [0.25, 0.3) is 0 Å². The molecule has 0 aliphatic heterocycles. The molecule has 1 fully saturated rings. The van der Waals surface area contributed by atoms with Crippen molar-refractivity contribution in [3.8, 4) is 0 Å². The molecule has 0 N–H and O–H groups in total. The third-order valence-electron chi connectivity index (χ3n) is 5.02. The van der Waals surface area contributed by atoms with Gasteiger partial charge in [0, 0.05) is 13.0 Å². The van der Waals surface area contributed by atoms with Crippen LogP contribution in [0, 0.1) is 5.82 Å². The van der Waals surface area contributed by atoms with Gasteiger partial charge < -0.3 is 9.32 Å². The average Bonchev–Trinajstić information content (AvgIpc) is 3.15. The van der Waals surface area contributed by atoms with Gasteiger partial charge in [-0.05, 0) is 37.5 Å². The van der Waals surface area contributed by atoms with Gasteiger partial charge in [-0.1, -0.05) is 43.2 Å². The Balaban J connectivity index is 1.53. The Hall–Kier alpha value is -1.89. The molecule has 1 aliphatic carbocycles. The quantitative estimate of drug-likeness (QED) is 0.690. The number of thioether (sulfide) groups is 1. The smallest absolute Gasteiger partial charge is 0.277 e. The SMILES string of the molecule is CC(c1ccc(F)cc1)N(C)C(=O)CSc1nnc(C2CCCCC2)o1. The Bertz CT molecular complexity index is 729. The number of hydrogen-bond donors (Lipinski definition) is 0. The second-order valence-corrected chi connectivity index (χ2v) is 7.69. The summed E-state index contributed by atoms with van der Waals surface area (Å²) in [5.41, 5.74) is 0.893. The maximum atomic E-state index is 13.0. The standard InChI is InChI=1S/C19H24FN3O2S/c1-13(14-8-10-16(20)11-9-14)23(2)17(24)12-26-19-22-21-18(25-19)15-6-4-3-5-7-15/h8-11,13,15H,3-7,12H2,1-2H3. The van der Waals surface area contributed by atoms with Crippen LogP contribution < -0.4 is 0 Å². The first-order valence-electron chi connectivity index (χ1n) is 9.02. The third kappa shape index (κ3) is 4.63. The molecule has 1 saturated carbocycles. The monoisotopic (exact) mass is 377 g/mol. The molecule has 1 aromatic carbocycles. The Labute approximate surface area is 157 Å². The first-order valence-corrected chi connectivity index (χ1v) is 10.0. The van der Waals surface area contributed by atoms with E-state index in [0.29, 0.717) is 17.0 Å². The minimum atomic E-state index is -0.282. The summed E-state index contributed by atoms with van der Waals surface area (Å²) in [6.45, 7) is 1.92. The fraction of sp³-hybridized carbons (Fsp3) is 0.526. The number of nitrogens with zero attached hydrogens (tertiary/aromatic N) is 3. The van der Waals surface area contributed by atoms with Crippen molar-refractivity contribution in [1.82, 2.24) is 15.1 Å². The number of benzene rings is 1. The summed E-state index contributed by atoms with van der Waals surface area (Å²) in [5.74, 6) is 0.976. The van der Waals surface area contributed by atoms with Crippen molar-refractivity contribution in [2.75, 3.05) is 12.8 Å². The minimum Gasteiger partial charge on any atom is -0.416 e. The number of rotatable bonds is 6. The van der Waals surface area contributed by atoms with Crippen LogP contribution in [-0.4, -0.2) is 33.8 Å². The van der Waals surface area contributed by atoms with Gasteiger partial charge >= 0.3 is 0 Å². The second kappa shape index (κ2) is 8.66. The fourth-order valence-electron chi connectivity index (χ4n) is 3.20. The zero-order chi connectivity index (χ0) is 18.5. The molecule has 2 aromatic rings. The molecular weight excluding hydrogens is 353 g/mol. The van der Waals surface area contributed by atoms with Gasteiger partial charge in [0.25, 0.3) is 5.22 Å². The van der Waals surface area contributed by atoms with Crippen LogP contribution in [0.4, 0.5) is 4.39 Å². The number of aromatic nitrogens is 2. The molecule has 5 nitrogen and oxygen atoms in total. The topological polar surface area (TPSA) is 59.2 Å². The van der Waals surface area contributed by atoms with Gasteiger partial charge in [0.15, 0.2) is 0 Å². The van der Waals surface area contributed by atoms with Gasteiger partial charge in [0.05, 0.1) is 11.8 Å². The summed E-state index contributed by atoms with van der Waals surface area (Å²) in [7, 11) is 1.75. The zero-order valence-electron chi connectivity index (χ0n) is 15.2. The molecule has 140 valence electrons. The molecule has 0 radical (unpaired) electrons. The van der Waals surface area contributed by atoms with Gasteiger partial charge in [-0.25, -0.2) is 4.39 Å². The molecule has 0 saturated heterocycles. The minimum absolute atomic E-state index is 0.0377. The number of carbonyl (C=O) groups is 1. The molecule has 0 spiro atoms. The highest BCUT2D eigenvalue weighted by Crippen LogP contribution is 2.33. The summed E-state index contributed by atoms with van der Waals surface area (Å²) in [4.78, 5) is 14.1. The molecule has 1 atom stereocenters. The molecule has 1 heterocycles. The van der Waals surface area contributed by atoms with Crippen molar-refractivity contribution in [2.24, 2.45) is 0 Å². The van der Waals surface area contributed by atoms with Gasteiger partial charge in [0.2, 0.25) is 11.8 Å². The Morgan fingerprint density at radius 3 is 2.65 bits per heavy atom. The van der Waals surface area contributed by atoms with Crippen molar-refractivity contribution in [2.45, 2.75) is 56.2 Å². The van der Waals surface area contributed by atoms with Crippen molar-refractivity contribution in [3.63, 3.8) is 0 Å². The van der Waals surface area contributed by atoms with E-state index in [9.17, 15) is 9.18 Å². The normalized spacial score (nSPS) is 16.4. The summed E-state index contributed by atoms with van der Waals surface area (Å²) in [6.07, 6.45) is 5.89. The molecule has 1 aliphatic rings. The highest BCUT2D eigenvalue weighted by Gasteiger charge is 2.22. The third-order valence-corrected chi connectivity index (χ3v) is 5.83. The first-order chi connectivity index (χ1) is 12.5. The van der Waals surface area contributed by atoms with E-state index in [1.54, 1.807) is 24.1 Å². The zero-order valence-corrected chi connectivity index (χ0v) is 16.0. The predicted molar refractivity (Wildman–Crippen MR) is 98.4 cm³/mol. The Morgan fingerprint density at radius 1 is 1.27 bits per heavy atom. The number of halogens is 1. The van der Waals surface area contributed by atoms with Crippen LogP contribution in [0.1, 0.15) is 62.4 Å². The largest absolute Gasteiger partial charge is 0.416 e. The van der Waals surface area contributed by atoms with E-state index in [4.69, 9.17) is 4.42 Å². The van der Waals surface area contributed by atoms with Gasteiger partial charge in [-0.15, -0.1) is 10.2 Å². The van der Waals surface area contributed by atoms with E-state index in [1.807, 2.05) is 6.92 Å². The van der Waals surface area contributed by atoms with Crippen LogP contribution in [0.3, 0.4) is 0 Å². The first kappa shape index (κ1) is 18.9. The van der Waals surface area contributed by atoms with Crippen molar-refractivity contribution in [1.29, 1.82) is 0 Å². The lowest BCUT2D eigenvalue weighted by Gasteiger charge is -2.25. The average molecular weight is 377 g/mol. The maximum Gasteiger partial charge on any atom is 0.277 e. The molecule has 0 bridgehead atoms. The number of hydrogen-bond acceptors (Lipinski definition) is 5. The molecular formula is C19H24FN3O2S. The van der Waals surface area contributed by atoms with Gasteiger partial charge in [0.1, 0.15) is 5.82 Å². The summed E-state index contributed by atoms with van der Waals surface area (Å²) >= 11 is 1.27. The van der Waals surface area contributed by atoms with Gasteiger partial charge in [-0.2, -0.15) is 0 Å². The van der Waals surface area contributed by atoms with Crippen LogP contribution in [-0.2, 0) is 4.79 Å². The molecule has 3 rings (SSSR count). The summed E-state index contributed by atoms with van der Waals surface area (Å²) < 4.78 is 18.8. The highest BCUT2D eigenvalue weighted by molar-refractivity contribution is 7.99. The van der Waals surface area contributed by atoms with Crippen LogP contribution >= 0.6 is 11.8 Å². The number of amides is 1. The van der Waals surface area contributed by atoms with E-state index < -0.39 is 0 Å². The van der Waals surface area contributed by atoms with E-state index >= 15 is 0 Å². The lowest BCUT2D eigenvalue weighted by atomic mass is 9.89. The second-order valence-electron chi connectivity index (χ2n) is 6.76. The van der Waals surface area contributed by atoms with Crippen molar-refractivity contribution >= 4 is 17.7 Å². The maximum absolute atomic E-state index is 13.0. The van der Waals surface area contributed by atoms with E-state index in [0.717, 1.165) is 18.4 Å². The Morgan fingerprint density at radius 2 is 1.96 bits per heavy atom. The highest BCUT2D eigenvalue weighted by atomic mass is 32.2. The Kier molecular flexibility index (Phi) is 6.29.